The molecule has 0 aliphatic carbocycles. The fourth-order valence-electron chi connectivity index (χ4n) is 0.989. The Morgan fingerprint density at radius 1 is 1.20 bits per heavy atom. The summed E-state index contributed by atoms with van der Waals surface area (Å²) in [5.74, 6) is -0.471. The van der Waals surface area contributed by atoms with Crippen LogP contribution in [0.15, 0.2) is 12.1 Å². The van der Waals surface area contributed by atoms with Gasteiger partial charge in [-0.15, -0.1) is 0 Å². The summed E-state index contributed by atoms with van der Waals surface area (Å²) >= 11 is 0. The third-order valence-corrected chi connectivity index (χ3v) is 1.67. The molecule has 0 saturated heterocycles. The van der Waals surface area contributed by atoms with Gasteiger partial charge in [-0.05, 0) is 12.1 Å². The molecule has 1 aromatic rings. The van der Waals surface area contributed by atoms with E-state index in [9.17, 15) is 18.4 Å². The Hall–Kier alpha value is -2.02. The molecule has 0 saturated carbocycles. The largest absolute Gasteiger partial charge is 0.478 e. The molecule has 0 fully saturated rings. The van der Waals surface area contributed by atoms with Gasteiger partial charge in [0.2, 0.25) is 0 Å². The average Bonchev–Trinajstić information content (AvgIpc) is 2.20. The summed E-state index contributed by atoms with van der Waals surface area (Å²) in [6, 6.07) is 0.892. The lowest BCUT2D eigenvalue weighted by molar-refractivity contribution is 0.0690. The standard InChI is InChI=1S/C8H6F2N2O3/c9-5-1-3(7(13)12-11)4(8(14)15)2-6(5)10/h1-2H,11H2,(H,12,13)(H,14,15). The molecule has 80 valence electrons. The molecular weight excluding hydrogens is 210 g/mol. The Bertz CT molecular complexity index is 434. The zero-order valence-corrected chi connectivity index (χ0v) is 7.25. The van der Waals surface area contributed by atoms with Crippen molar-refractivity contribution in [1.29, 1.82) is 0 Å². The molecule has 0 radical (unpaired) electrons. The van der Waals surface area contributed by atoms with Gasteiger partial charge in [-0.1, -0.05) is 0 Å². The van der Waals surface area contributed by atoms with Crippen LogP contribution in [0.4, 0.5) is 8.78 Å². The van der Waals surface area contributed by atoms with Crippen LogP contribution < -0.4 is 11.3 Å². The summed E-state index contributed by atoms with van der Waals surface area (Å²) in [4.78, 5) is 21.6. The number of carboxylic acids is 1. The number of rotatable bonds is 2. The van der Waals surface area contributed by atoms with E-state index in [1.165, 1.54) is 0 Å². The molecule has 4 N–H and O–H groups in total. The quantitative estimate of drug-likeness (QED) is 0.375. The van der Waals surface area contributed by atoms with Gasteiger partial charge in [-0.3, -0.25) is 10.2 Å². The van der Waals surface area contributed by atoms with E-state index < -0.39 is 34.6 Å². The van der Waals surface area contributed by atoms with E-state index in [0.717, 1.165) is 0 Å². The van der Waals surface area contributed by atoms with E-state index in [1.54, 1.807) is 5.43 Å². The summed E-state index contributed by atoms with van der Waals surface area (Å²) in [6.45, 7) is 0. The number of benzene rings is 1. The van der Waals surface area contributed by atoms with Crippen LogP contribution >= 0.6 is 0 Å². The molecule has 1 rings (SSSR count). The maximum atomic E-state index is 12.7. The number of nitrogen functional groups attached to an aromatic ring is 1. The monoisotopic (exact) mass is 216 g/mol. The number of nitrogens with one attached hydrogen (secondary N) is 1. The normalized spacial score (nSPS) is 9.80. The van der Waals surface area contributed by atoms with Gasteiger partial charge < -0.3 is 5.11 Å². The molecule has 7 heteroatoms. The highest BCUT2D eigenvalue weighted by atomic mass is 19.2. The Kier molecular flexibility index (Phi) is 2.96. The molecule has 0 atom stereocenters. The van der Waals surface area contributed by atoms with Crippen LogP contribution in [0.1, 0.15) is 20.7 Å². The van der Waals surface area contributed by atoms with Gasteiger partial charge in [0.05, 0.1) is 11.1 Å². The number of carboxylic acid groups (broad SMARTS) is 1. The van der Waals surface area contributed by atoms with Crippen molar-refractivity contribution in [3.8, 4) is 0 Å². The van der Waals surface area contributed by atoms with Crippen molar-refractivity contribution in [2.24, 2.45) is 5.84 Å². The van der Waals surface area contributed by atoms with Crippen molar-refractivity contribution in [3.05, 3.63) is 34.9 Å². The van der Waals surface area contributed by atoms with Crippen molar-refractivity contribution < 1.29 is 23.5 Å². The molecule has 1 aromatic carbocycles. The molecule has 15 heavy (non-hydrogen) atoms. The summed E-state index contributed by atoms with van der Waals surface area (Å²) < 4.78 is 25.4. The second-order valence-electron chi connectivity index (χ2n) is 2.59. The van der Waals surface area contributed by atoms with Crippen molar-refractivity contribution in [1.82, 2.24) is 5.43 Å². The van der Waals surface area contributed by atoms with Crippen molar-refractivity contribution >= 4 is 11.9 Å². The predicted molar refractivity (Wildman–Crippen MR) is 45.0 cm³/mol. The van der Waals surface area contributed by atoms with Gasteiger partial charge in [0.25, 0.3) is 5.91 Å². The minimum Gasteiger partial charge on any atom is -0.478 e. The van der Waals surface area contributed by atoms with Crippen molar-refractivity contribution in [3.63, 3.8) is 0 Å². The molecule has 0 aromatic heterocycles. The zero-order valence-electron chi connectivity index (χ0n) is 7.25. The minimum absolute atomic E-state index is 0.419. The number of hydrogen-bond acceptors (Lipinski definition) is 3. The predicted octanol–water partition coefficient (Wildman–Crippen LogP) is 0.267. The van der Waals surface area contributed by atoms with Crippen LogP contribution in [0.3, 0.4) is 0 Å². The number of nitrogens with two attached hydrogens (primary N) is 1. The number of carbonyl (C=O) groups is 2. The summed E-state index contributed by atoms with van der Waals surface area (Å²) in [5, 5.41) is 8.62. The number of halogens is 2. The van der Waals surface area contributed by atoms with Gasteiger partial charge in [0.15, 0.2) is 11.6 Å². The topological polar surface area (TPSA) is 92.4 Å². The number of hydrazine groups is 1. The molecule has 0 unspecified atom stereocenters. The highest BCUT2D eigenvalue weighted by Gasteiger charge is 2.19. The number of carbonyl (C=O) groups excluding carboxylic acids is 1. The van der Waals surface area contributed by atoms with E-state index in [-0.39, 0.29) is 0 Å². The fraction of sp³-hybridized carbons (Fsp3) is 0. The summed E-state index contributed by atoms with van der Waals surface area (Å²) in [5.41, 5.74) is 0.438. The maximum Gasteiger partial charge on any atom is 0.336 e. The lowest BCUT2D eigenvalue weighted by atomic mass is 10.1. The molecular formula is C8H6F2N2O3. The molecule has 0 aliphatic rings. The van der Waals surface area contributed by atoms with E-state index in [2.05, 4.69) is 0 Å². The van der Waals surface area contributed by atoms with Crippen LogP contribution in [0.5, 0.6) is 0 Å². The lowest BCUT2D eigenvalue weighted by Crippen LogP contribution is -2.31. The second-order valence-corrected chi connectivity index (χ2v) is 2.59. The van der Waals surface area contributed by atoms with E-state index in [1.807, 2.05) is 0 Å². The highest BCUT2D eigenvalue weighted by Crippen LogP contribution is 2.15. The maximum absolute atomic E-state index is 12.7. The van der Waals surface area contributed by atoms with Crippen LogP contribution in [0.2, 0.25) is 0 Å². The van der Waals surface area contributed by atoms with Gasteiger partial charge in [-0.2, -0.15) is 0 Å². The van der Waals surface area contributed by atoms with Crippen LogP contribution in [0, 0.1) is 11.6 Å². The van der Waals surface area contributed by atoms with Crippen LogP contribution in [0.25, 0.3) is 0 Å². The van der Waals surface area contributed by atoms with Crippen molar-refractivity contribution in [2.45, 2.75) is 0 Å². The van der Waals surface area contributed by atoms with E-state index >= 15 is 0 Å². The molecule has 0 aliphatic heterocycles. The lowest BCUT2D eigenvalue weighted by Gasteiger charge is -2.04. The first-order valence-electron chi connectivity index (χ1n) is 3.70. The van der Waals surface area contributed by atoms with Crippen molar-refractivity contribution in [2.75, 3.05) is 0 Å². The zero-order chi connectivity index (χ0) is 11.6. The Morgan fingerprint density at radius 2 is 1.67 bits per heavy atom. The SMILES string of the molecule is NNC(=O)c1cc(F)c(F)cc1C(=O)O. The molecule has 5 nitrogen and oxygen atoms in total. The van der Waals surface area contributed by atoms with Gasteiger partial charge in [-0.25, -0.2) is 19.4 Å². The van der Waals surface area contributed by atoms with E-state index in [0.29, 0.717) is 12.1 Å². The van der Waals surface area contributed by atoms with Crippen LogP contribution in [-0.2, 0) is 0 Å². The van der Waals surface area contributed by atoms with E-state index in [4.69, 9.17) is 10.9 Å². The number of aromatic carboxylic acids is 1. The van der Waals surface area contributed by atoms with Gasteiger partial charge in [0.1, 0.15) is 0 Å². The molecule has 0 bridgehead atoms. The molecule has 0 heterocycles. The average molecular weight is 216 g/mol. The molecule has 1 amide bonds. The smallest absolute Gasteiger partial charge is 0.336 e. The van der Waals surface area contributed by atoms with Gasteiger partial charge in [0, 0.05) is 0 Å². The third-order valence-electron chi connectivity index (χ3n) is 1.67. The first-order valence-corrected chi connectivity index (χ1v) is 3.70. The highest BCUT2D eigenvalue weighted by molar-refractivity contribution is 6.04. The number of hydrogen-bond donors (Lipinski definition) is 3. The first-order chi connectivity index (χ1) is 6.97. The van der Waals surface area contributed by atoms with Crippen LogP contribution in [-0.4, -0.2) is 17.0 Å². The fourth-order valence-corrected chi connectivity index (χ4v) is 0.989. The first kappa shape index (κ1) is 11.1. The Morgan fingerprint density at radius 3 is 2.07 bits per heavy atom. The Balaban J connectivity index is 3.41. The number of amides is 1. The molecule has 0 spiro atoms. The minimum atomic E-state index is -1.55. The Labute approximate surface area is 82.5 Å². The summed E-state index contributed by atoms with van der Waals surface area (Å²) in [7, 11) is 0. The second kappa shape index (κ2) is 4.01. The van der Waals surface area contributed by atoms with Gasteiger partial charge >= 0.3 is 5.97 Å². The third kappa shape index (κ3) is 2.08. The summed E-state index contributed by atoms with van der Waals surface area (Å²) in [6.07, 6.45) is 0.